The highest BCUT2D eigenvalue weighted by Crippen LogP contribution is 2.33. The van der Waals surface area contributed by atoms with Crippen molar-refractivity contribution >= 4 is 0 Å². The van der Waals surface area contributed by atoms with E-state index in [1.165, 1.54) is 12.8 Å². The van der Waals surface area contributed by atoms with Crippen molar-refractivity contribution in [2.45, 2.75) is 32.8 Å². The van der Waals surface area contributed by atoms with Gasteiger partial charge in [-0.1, -0.05) is 0 Å². The monoisotopic (exact) mass is 178 g/mol. The van der Waals surface area contributed by atoms with Gasteiger partial charge in [-0.3, -0.25) is 0 Å². The highest BCUT2D eigenvalue weighted by Gasteiger charge is 2.29. The fourth-order valence-corrected chi connectivity index (χ4v) is 1.31. The molecular weight excluding hydrogens is 164 g/mol. The number of hydrogen-bond acceptors (Lipinski definition) is 3. The van der Waals surface area contributed by atoms with Gasteiger partial charge in [-0.25, -0.2) is 9.97 Å². The highest BCUT2D eigenvalue weighted by molar-refractivity contribution is 5.03. The minimum atomic E-state index is 0.266. The molecule has 0 bridgehead atoms. The summed E-state index contributed by atoms with van der Waals surface area (Å²) in [6.45, 7) is 4.03. The predicted octanol–water partition coefficient (Wildman–Crippen LogP) is 1.96. The summed E-state index contributed by atoms with van der Waals surface area (Å²) in [7, 11) is 0. The van der Waals surface area contributed by atoms with Crippen molar-refractivity contribution < 1.29 is 4.74 Å². The molecule has 0 amide bonds. The maximum atomic E-state index is 5.60. The standard InChI is InChI=1S/C10H14N2O/c1-7-5-6-11-10(12-7)13-8(2)9-3-4-9/h5-6,8-9H,3-4H2,1-2H3. The second kappa shape index (κ2) is 3.32. The molecule has 1 aromatic heterocycles. The van der Waals surface area contributed by atoms with E-state index in [1.807, 2.05) is 13.0 Å². The molecule has 13 heavy (non-hydrogen) atoms. The van der Waals surface area contributed by atoms with E-state index >= 15 is 0 Å². The van der Waals surface area contributed by atoms with Crippen molar-refractivity contribution in [3.05, 3.63) is 18.0 Å². The number of nitrogens with zero attached hydrogens (tertiary/aromatic N) is 2. The van der Waals surface area contributed by atoms with Gasteiger partial charge in [0.05, 0.1) is 0 Å². The molecule has 0 aliphatic heterocycles. The van der Waals surface area contributed by atoms with Crippen LogP contribution in [0, 0.1) is 12.8 Å². The lowest BCUT2D eigenvalue weighted by atomic mass is 10.3. The predicted molar refractivity (Wildman–Crippen MR) is 49.6 cm³/mol. The average molecular weight is 178 g/mol. The van der Waals surface area contributed by atoms with Crippen LogP contribution in [0.2, 0.25) is 0 Å². The number of rotatable bonds is 3. The van der Waals surface area contributed by atoms with Gasteiger partial charge in [0.1, 0.15) is 6.10 Å². The van der Waals surface area contributed by atoms with E-state index in [1.54, 1.807) is 6.20 Å². The van der Waals surface area contributed by atoms with E-state index in [0.29, 0.717) is 6.01 Å². The molecule has 1 saturated carbocycles. The van der Waals surface area contributed by atoms with Crippen molar-refractivity contribution in [3.63, 3.8) is 0 Å². The molecule has 70 valence electrons. The Morgan fingerprint density at radius 2 is 2.31 bits per heavy atom. The minimum Gasteiger partial charge on any atom is -0.460 e. The Kier molecular flexibility index (Phi) is 2.17. The van der Waals surface area contributed by atoms with Crippen LogP contribution in [0.5, 0.6) is 6.01 Å². The van der Waals surface area contributed by atoms with Gasteiger partial charge in [0.2, 0.25) is 0 Å². The Morgan fingerprint density at radius 1 is 1.54 bits per heavy atom. The first-order valence-corrected chi connectivity index (χ1v) is 4.72. The fraction of sp³-hybridized carbons (Fsp3) is 0.600. The van der Waals surface area contributed by atoms with E-state index in [-0.39, 0.29) is 6.10 Å². The molecule has 3 heteroatoms. The largest absolute Gasteiger partial charge is 0.460 e. The molecule has 0 spiro atoms. The molecule has 1 aromatic rings. The maximum absolute atomic E-state index is 5.60. The van der Waals surface area contributed by atoms with Gasteiger partial charge in [-0.2, -0.15) is 0 Å². The molecule has 1 atom stereocenters. The van der Waals surface area contributed by atoms with Gasteiger partial charge in [0.15, 0.2) is 0 Å². The molecule has 0 saturated heterocycles. The van der Waals surface area contributed by atoms with Crippen LogP contribution in [0.25, 0.3) is 0 Å². The molecule has 1 aliphatic carbocycles. The lowest BCUT2D eigenvalue weighted by Crippen LogP contribution is -2.15. The van der Waals surface area contributed by atoms with Gasteiger partial charge in [-0.05, 0) is 38.7 Å². The number of hydrogen-bond donors (Lipinski definition) is 0. The molecule has 0 N–H and O–H groups in total. The lowest BCUT2D eigenvalue weighted by molar-refractivity contribution is 0.181. The summed E-state index contributed by atoms with van der Waals surface area (Å²) in [5.41, 5.74) is 0.952. The molecule has 1 heterocycles. The fourth-order valence-electron chi connectivity index (χ4n) is 1.31. The Hall–Kier alpha value is -1.12. The third-order valence-corrected chi connectivity index (χ3v) is 2.35. The van der Waals surface area contributed by atoms with E-state index in [9.17, 15) is 0 Å². The number of aryl methyl sites for hydroxylation is 1. The van der Waals surface area contributed by atoms with Gasteiger partial charge in [0.25, 0.3) is 0 Å². The molecule has 3 nitrogen and oxygen atoms in total. The first-order chi connectivity index (χ1) is 6.25. The Morgan fingerprint density at radius 3 is 2.92 bits per heavy atom. The maximum Gasteiger partial charge on any atom is 0.316 e. The Labute approximate surface area is 78.2 Å². The van der Waals surface area contributed by atoms with Crippen LogP contribution in [0.4, 0.5) is 0 Å². The molecule has 1 unspecified atom stereocenters. The van der Waals surface area contributed by atoms with Crippen molar-refractivity contribution in [1.29, 1.82) is 0 Å². The minimum absolute atomic E-state index is 0.266. The first kappa shape index (κ1) is 8.48. The normalized spacial score (nSPS) is 18.3. The molecule has 1 fully saturated rings. The SMILES string of the molecule is Cc1ccnc(OC(C)C2CC2)n1. The van der Waals surface area contributed by atoms with Gasteiger partial charge in [-0.15, -0.1) is 0 Å². The van der Waals surface area contributed by atoms with Crippen LogP contribution < -0.4 is 4.74 Å². The highest BCUT2D eigenvalue weighted by atomic mass is 16.5. The zero-order valence-electron chi connectivity index (χ0n) is 8.03. The van der Waals surface area contributed by atoms with Gasteiger partial charge >= 0.3 is 6.01 Å². The van der Waals surface area contributed by atoms with Crippen molar-refractivity contribution in [2.24, 2.45) is 5.92 Å². The summed E-state index contributed by atoms with van der Waals surface area (Å²) in [6.07, 6.45) is 4.57. The zero-order chi connectivity index (χ0) is 9.26. The molecule has 2 rings (SSSR count). The van der Waals surface area contributed by atoms with Crippen LogP contribution in [0.15, 0.2) is 12.3 Å². The summed E-state index contributed by atoms with van der Waals surface area (Å²) in [4.78, 5) is 8.25. The van der Waals surface area contributed by atoms with Gasteiger partial charge in [0, 0.05) is 11.9 Å². The van der Waals surface area contributed by atoms with Crippen LogP contribution in [-0.4, -0.2) is 16.1 Å². The van der Waals surface area contributed by atoms with E-state index < -0.39 is 0 Å². The second-order valence-corrected chi connectivity index (χ2v) is 3.64. The molecule has 0 aromatic carbocycles. The summed E-state index contributed by atoms with van der Waals surface area (Å²) in [6, 6.07) is 2.38. The Balaban J connectivity index is 2.00. The average Bonchev–Trinajstić information content (AvgIpc) is 2.85. The number of aromatic nitrogens is 2. The summed E-state index contributed by atoms with van der Waals surface area (Å²) in [5.74, 6) is 0.726. The summed E-state index contributed by atoms with van der Waals surface area (Å²) >= 11 is 0. The lowest BCUT2D eigenvalue weighted by Gasteiger charge is -2.11. The molecule has 1 aliphatic rings. The molecule has 0 radical (unpaired) electrons. The third-order valence-electron chi connectivity index (χ3n) is 2.35. The van der Waals surface area contributed by atoms with E-state index in [2.05, 4.69) is 16.9 Å². The topological polar surface area (TPSA) is 35.0 Å². The van der Waals surface area contributed by atoms with E-state index in [0.717, 1.165) is 11.6 Å². The van der Waals surface area contributed by atoms with Crippen molar-refractivity contribution in [3.8, 4) is 6.01 Å². The quantitative estimate of drug-likeness (QED) is 0.709. The van der Waals surface area contributed by atoms with Crippen LogP contribution in [0.3, 0.4) is 0 Å². The van der Waals surface area contributed by atoms with E-state index in [4.69, 9.17) is 4.74 Å². The third kappa shape index (κ3) is 2.17. The first-order valence-electron chi connectivity index (χ1n) is 4.72. The summed E-state index contributed by atoms with van der Waals surface area (Å²) < 4.78 is 5.60. The second-order valence-electron chi connectivity index (χ2n) is 3.64. The van der Waals surface area contributed by atoms with Crippen LogP contribution in [-0.2, 0) is 0 Å². The number of ether oxygens (including phenoxy) is 1. The smallest absolute Gasteiger partial charge is 0.316 e. The molecular formula is C10H14N2O. The van der Waals surface area contributed by atoms with Gasteiger partial charge < -0.3 is 4.74 Å². The van der Waals surface area contributed by atoms with Crippen LogP contribution >= 0.6 is 0 Å². The van der Waals surface area contributed by atoms with Crippen molar-refractivity contribution in [1.82, 2.24) is 9.97 Å². The summed E-state index contributed by atoms with van der Waals surface area (Å²) in [5, 5.41) is 0. The van der Waals surface area contributed by atoms with Crippen molar-refractivity contribution in [2.75, 3.05) is 0 Å². The Bertz CT molecular complexity index is 297. The van der Waals surface area contributed by atoms with Crippen LogP contribution in [0.1, 0.15) is 25.5 Å². The zero-order valence-corrected chi connectivity index (χ0v) is 8.03.